The van der Waals surface area contributed by atoms with Gasteiger partial charge in [0.25, 0.3) is 5.91 Å². The number of carbonyl (C=O) groups is 1. The molecule has 186 valence electrons. The summed E-state index contributed by atoms with van der Waals surface area (Å²) in [7, 11) is 0. The van der Waals surface area contributed by atoms with Crippen LogP contribution in [0.25, 0.3) is 5.95 Å². The average Bonchev–Trinajstić information content (AvgIpc) is 3.56. The Kier molecular flexibility index (Phi) is 8.46. The van der Waals surface area contributed by atoms with Gasteiger partial charge in [-0.25, -0.2) is 9.97 Å². The zero-order chi connectivity index (χ0) is 24.6. The van der Waals surface area contributed by atoms with Crippen molar-refractivity contribution in [3.63, 3.8) is 0 Å². The minimum atomic E-state index is -0.397. The van der Waals surface area contributed by atoms with Crippen LogP contribution in [0.15, 0.2) is 43.0 Å². The van der Waals surface area contributed by atoms with E-state index in [0.29, 0.717) is 24.7 Å². The molecule has 0 bridgehead atoms. The van der Waals surface area contributed by atoms with Crippen molar-refractivity contribution in [2.45, 2.75) is 52.5 Å². The molecule has 0 spiro atoms. The van der Waals surface area contributed by atoms with Crippen LogP contribution in [0.5, 0.6) is 11.5 Å². The number of aryl methyl sites for hydroxylation is 1. The van der Waals surface area contributed by atoms with E-state index >= 15 is 0 Å². The Hall–Kier alpha value is -3.27. The number of ether oxygens (including phenoxy) is 2. The van der Waals surface area contributed by atoms with Gasteiger partial charge in [-0.1, -0.05) is 26.3 Å². The van der Waals surface area contributed by atoms with E-state index < -0.39 is 6.04 Å². The molecule has 10 heteroatoms. The molecule has 0 saturated heterocycles. The molecule has 1 aromatic carbocycles. The topological polar surface area (TPSA) is 94.4 Å². The van der Waals surface area contributed by atoms with Crippen molar-refractivity contribution in [1.29, 1.82) is 0 Å². The third-order valence-corrected chi connectivity index (χ3v) is 6.78. The molecule has 1 aliphatic rings. The molecule has 2 aromatic heterocycles. The maximum atomic E-state index is 13.6. The highest BCUT2D eigenvalue weighted by Crippen LogP contribution is 2.32. The van der Waals surface area contributed by atoms with Crippen molar-refractivity contribution in [2.75, 3.05) is 24.4 Å². The van der Waals surface area contributed by atoms with Crippen LogP contribution in [-0.4, -0.2) is 54.9 Å². The van der Waals surface area contributed by atoms with Crippen LogP contribution in [-0.2, 0) is 11.2 Å². The molecule has 0 fully saturated rings. The molecule has 3 heterocycles. The summed E-state index contributed by atoms with van der Waals surface area (Å²) in [5.74, 6) is 3.62. The van der Waals surface area contributed by atoms with Crippen molar-refractivity contribution in [2.24, 2.45) is 0 Å². The highest BCUT2D eigenvalue weighted by molar-refractivity contribution is 7.97. The number of nitrogens with zero attached hydrogens (tertiary/aromatic N) is 5. The predicted molar refractivity (Wildman–Crippen MR) is 137 cm³/mol. The standard InChI is InChI=1S/C25H32N6O3S/c1-4-6-13-35-31(11-9-19-7-8-21-22(15-19)34-17-33-21)24(32)20(5-2)28-23-14-18(3)27-25(29-23)30-12-10-26-16-30/h7-8,10,12,14-16,20H,4-6,9,11,13,17H2,1-3H3,(H,27,28,29). The minimum Gasteiger partial charge on any atom is -0.454 e. The lowest BCUT2D eigenvalue weighted by molar-refractivity contribution is -0.126. The lowest BCUT2D eigenvalue weighted by Crippen LogP contribution is -2.40. The molecule has 9 nitrogen and oxygen atoms in total. The Morgan fingerprint density at radius 1 is 1.23 bits per heavy atom. The van der Waals surface area contributed by atoms with Crippen LogP contribution >= 0.6 is 11.9 Å². The SMILES string of the molecule is CCCCSN(CCc1ccc2c(c1)OCO2)C(=O)C(CC)Nc1cc(C)nc(-n2ccnc2)n1. The lowest BCUT2D eigenvalue weighted by Gasteiger charge is -2.27. The molecule has 1 amide bonds. The van der Waals surface area contributed by atoms with Gasteiger partial charge >= 0.3 is 0 Å². The Morgan fingerprint density at radius 2 is 2.09 bits per heavy atom. The van der Waals surface area contributed by atoms with E-state index in [1.807, 2.05) is 42.4 Å². The van der Waals surface area contributed by atoms with E-state index in [4.69, 9.17) is 9.47 Å². The van der Waals surface area contributed by atoms with Crippen molar-refractivity contribution in [3.05, 3.63) is 54.2 Å². The lowest BCUT2D eigenvalue weighted by atomic mass is 10.1. The van der Waals surface area contributed by atoms with E-state index in [1.165, 1.54) is 0 Å². The van der Waals surface area contributed by atoms with Gasteiger partial charge in [0.1, 0.15) is 18.2 Å². The molecular weight excluding hydrogens is 464 g/mol. The Labute approximate surface area is 210 Å². The van der Waals surface area contributed by atoms with Crippen LogP contribution < -0.4 is 14.8 Å². The first-order valence-corrected chi connectivity index (χ1v) is 12.9. The Balaban J connectivity index is 1.46. The molecule has 3 aromatic rings. The zero-order valence-corrected chi connectivity index (χ0v) is 21.3. The monoisotopic (exact) mass is 496 g/mol. The molecule has 1 aliphatic heterocycles. The summed E-state index contributed by atoms with van der Waals surface area (Å²) in [6.07, 6.45) is 8.65. The first kappa shape index (κ1) is 24.8. The van der Waals surface area contributed by atoms with Crippen molar-refractivity contribution < 1.29 is 14.3 Å². The summed E-state index contributed by atoms with van der Waals surface area (Å²) in [5, 5.41) is 3.35. The highest BCUT2D eigenvalue weighted by atomic mass is 32.2. The number of benzene rings is 1. The van der Waals surface area contributed by atoms with Gasteiger partial charge in [-0.05, 0) is 55.8 Å². The van der Waals surface area contributed by atoms with Gasteiger partial charge in [0, 0.05) is 36.5 Å². The van der Waals surface area contributed by atoms with Gasteiger partial charge < -0.3 is 14.8 Å². The van der Waals surface area contributed by atoms with Crippen molar-refractivity contribution >= 4 is 23.7 Å². The number of rotatable bonds is 12. The summed E-state index contributed by atoms with van der Waals surface area (Å²) in [6, 6.07) is 7.42. The molecule has 0 radical (unpaired) electrons. The first-order valence-electron chi connectivity index (χ1n) is 12.0. The third-order valence-electron chi connectivity index (χ3n) is 5.64. The van der Waals surface area contributed by atoms with Crippen LogP contribution in [0.1, 0.15) is 44.4 Å². The van der Waals surface area contributed by atoms with Gasteiger partial charge in [-0.15, -0.1) is 0 Å². The maximum absolute atomic E-state index is 13.6. The Bertz CT molecular complexity index is 1120. The van der Waals surface area contributed by atoms with Gasteiger partial charge in [-0.2, -0.15) is 4.98 Å². The van der Waals surface area contributed by atoms with Gasteiger partial charge in [0.15, 0.2) is 11.5 Å². The minimum absolute atomic E-state index is 0.0507. The summed E-state index contributed by atoms with van der Waals surface area (Å²) in [6.45, 7) is 6.94. The number of unbranched alkanes of at least 4 members (excludes halogenated alkanes) is 1. The molecule has 35 heavy (non-hydrogen) atoms. The summed E-state index contributed by atoms with van der Waals surface area (Å²) in [4.78, 5) is 26.8. The number of nitrogens with one attached hydrogen (secondary N) is 1. The fraction of sp³-hybridized carbons (Fsp3) is 0.440. The summed E-state index contributed by atoms with van der Waals surface area (Å²) in [5.41, 5.74) is 1.92. The van der Waals surface area contributed by atoms with E-state index in [9.17, 15) is 4.79 Å². The summed E-state index contributed by atoms with van der Waals surface area (Å²) < 4.78 is 14.6. The van der Waals surface area contributed by atoms with E-state index in [2.05, 4.69) is 27.2 Å². The maximum Gasteiger partial charge on any atom is 0.254 e. The van der Waals surface area contributed by atoms with E-state index in [-0.39, 0.29) is 12.7 Å². The number of aromatic nitrogens is 4. The van der Waals surface area contributed by atoms with E-state index in [0.717, 1.165) is 47.8 Å². The molecule has 1 unspecified atom stereocenters. The number of imidazole rings is 1. The molecule has 1 atom stereocenters. The van der Waals surface area contributed by atoms with Crippen LogP contribution in [0, 0.1) is 6.92 Å². The zero-order valence-electron chi connectivity index (χ0n) is 20.4. The number of anilines is 1. The summed E-state index contributed by atoms with van der Waals surface area (Å²) >= 11 is 1.60. The largest absolute Gasteiger partial charge is 0.454 e. The van der Waals surface area contributed by atoms with Gasteiger partial charge in [0.2, 0.25) is 12.7 Å². The van der Waals surface area contributed by atoms with Gasteiger partial charge in [-0.3, -0.25) is 13.7 Å². The Morgan fingerprint density at radius 3 is 2.86 bits per heavy atom. The van der Waals surface area contributed by atoms with Crippen LogP contribution in [0.3, 0.4) is 0 Å². The predicted octanol–water partition coefficient (Wildman–Crippen LogP) is 4.41. The smallest absolute Gasteiger partial charge is 0.254 e. The quantitative estimate of drug-likeness (QED) is 0.291. The second kappa shape index (κ2) is 11.9. The van der Waals surface area contributed by atoms with Crippen LogP contribution in [0.2, 0.25) is 0 Å². The second-order valence-electron chi connectivity index (χ2n) is 8.33. The molecule has 0 aliphatic carbocycles. The fourth-order valence-corrected chi connectivity index (χ4v) is 4.81. The van der Waals surface area contributed by atoms with Crippen molar-refractivity contribution in [1.82, 2.24) is 23.8 Å². The number of amides is 1. The first-order chi connectivity index (χ1) is 17.1. The highest BCUT2D eigenvalue weighted by Gasteiger charge is 2.24. The van der Waals surface area contributed by atoms with Crippen LogP contribution in [0.4, 0.5) is 5.82 Å². The van der Waals surface area contributed by atoms with Gasteiger partial charge in [0.05, 0.1) is 0 Å². The van der Waals surface area contributed by atoms with E-state index in [1.54, 1.807) is 35.2 Å². The number of fused-ring (bicyclic) bond motifs is 1. The fourth-order valence-electron chi connectivity index (χ4n) is 3.70. The normalized spacial score (nSPS) is 13.0. The third kappa shape index (κ3) is 6.45. The van der Waals surface area contributed by atoms with Crippen molar-refractivity contribution in [3.8, 4) is 17.4 Å². The number of hydrogen-bond donors (Lipinski definition) is 1. The average molecular weight is 497 g/mol. The molecule has 4 rings (SSSR count). The second-order valence-corrected chi connectivity index (χ2v) is 9.44. The molecular formula is C25H32N6O3S. The molecule has 1 N–H and O–H groups in total. The number of hydrogen-bond acceptors (Lipinski definition) is 8. The molecule has 0 saturated carbocycles. The number of carbonyl (C=O) groups excluding carboxylic acids is 1.